The van der Waals surface area contributed by atoms with Gasteiger partial charge in [0, 0.05) is 23.6 Å². The molecule has 0 unspecified atom stereocenters. The first-order chi connectivity index (χ1) is 11.9. The fourth-order valence-corrected chi connectivity index (χ4v) is 2.52. The van der Waals surface area contributed by atoms with E-state index in [1.807, 2.05) is 0 Å². The first-order valence-electron chi connectivity index (χ1n) is 7.50. The number of carboxylic acid groups (broad SMARTS) is 1. The molecule has 0 amide bonds. The van der Waals surface area contributed by atoms with E-state index < -0.39 is 5.97 Å². The maximum Gasteiger partial charge on any atom is 0.328 e. The highest BCUT2D eigenvalue weighted by Crippen LogP contribution is 2.28. The zero-order chi connectivity index (χ0) is 18.6. The Morgan fingerprint density at radius 3 is 2.12 bits per heavy atom. The van der Waals surface area contributed by atoms with Crippen molar-refractivity contribution < 1.29 is 29.0 Å². The first-order valence-corrected chi connectivity index (χ1v) is 7.50. The summed E-state index contributed by atoms with van der Waals surface area (Å²) in [7, 11) is 2.64. The molecule has 0 heterocycles. The van der Waals surface area contributed by atoms with Crippen molar-refractivity contribution in [1.82, 2.24) is 0 Å². The van der Waals surface area contributed by atoms with Gasteiger partial charge in [-0.1, -0.05) is 24.3 Å². The Balaban J connectivity index is 2.27. The summed E-state index contributed by atoms with van der Waals surface area (Å²) in [6.45, 7) is 1.59. The first kappa shape index (κ1) is 18.2. The van der Waals surface area contributed by atoms with Crippen LogP contribution >= 0.6 is 0 Å². The monoisotopic (exact) mass is 342 g/mol. The zero-order valence-corrected chi connectivity index (χ0v) is 14.2. The van der Waals surface area contributed by atoms with E-state index in [1.165, 1.54) is 20.3 Å². The van der Waals surface area contributed by atoms with Gasteiger partial charge < -0.3 is 14.6 Å². The van der Waals surface area contributed by atoms with Crippen molar-refractivity contribution in [3.63, 3.8) is 0 Å². The summed E-state index contributed by atoms with van der Waals surface area (Å²) in [6, 6.07) is 7.05. The van der Waals surface area contributed by atoms with E-state index in [0.717, 1.165) is 17.2 Å². The lowest BCUT2D eigenvalue weighted by Gasteiger charge is -2.20. The van der Waals surface area contributed by atoms with Gasteiger partial charge in [-0.05, 0) is 24.1 Å². The van der Waals surface area contributed by atoms with Crippen LogP contribution in [-0.2, 0) is 30.3 Å². The Hall–Kier alpha value is -3.15. The van der Waals surface area contributed by atoms with Crippen LogP contribution in [0.2, 0.25) is 0 Å². The molecule has 1 aliphatic rings. The Labute approximate surface area is 145 Å². The van der Waals surface area contributed by atoms with Crippen LogP contribution < -0.4 is 0 Å². The van der Waals surface area contributed by atoms with Gasteiger partial charge in [0.1, 0.15) is 0 Å². The molecule has 6 nitrogen and oxygen atoms in total. The summed E-state index contributed by atoms with van der Waals surface area (Å²) in [5.41, 5.74) is 2.23. The minimum atomic E-state index is -1.02. The molecule has 0 saturated heterocycles. The van der Waals surface area contributed by atoms with Crippen LogP contribution in [0.15, 0.2) is 53.0 Å². The van der Waals surface area contributed by atoms with Crippen LogP contribution in [0.1, 0.15) is 18.1 Å². The quantitative estimate of drug-likeness (QED) is 0.630. The molecule has 1 aliphatic carbocycles. The summed E-state index contributed by atoms with van der Waals surface area (Å²) in [6.07, 6.45) is 2.79. The van der Waals surface area contributed by atoms with Gasteiger partial charge in [0.05, 0.1) is 14.2 Å². The van der Waals surface area contributed by atoms with Crippen LogP contribution in [0, 0.1) is 0 Å². The van der Waals surface area contributed by atoms with Crippen molar-refractivity contribution in [2.24, 2.45) is 0 Å². The van der Waals surface area contributed by atoms with Crippen LogP contribution in [0.3, 0.4) is 0 Å². The van der Waals surface area contributed by atoms with Crippen LogP contribution in [0.5, 0.6) is 0 Å². The maximum absolute atomic E-state index is 12.6. The highest BCUT2D eigenvalue weighted by Gasteiger charge is 2.34. The predicted octanol–water partition coefficient (Wildman–Crippen LogP) is 2.30. The third kappa shape index (κ3) is 3.85. The molecule has 0 atom stereocenters. The predicted molar refractivity (Wildman–Crippen MR) is 90.6 cm³/mol. The molecule has 0 bridgehead atoms. The number of ether oxygens (including phenoxy) is 2. The van der Waals surface area contributed by atoms with E-state index in [0.29, 0.717) is 11.1 Å². The largest absolute Gasteiger partial charge is 0.489 e. The second kappa shape index (κ2) is 7.61. The van der Waals surface area contributed by atoms with E-state index in [-0.39, 0.29) is 29.5 Å². The molecule has 25 heavy (non-hydrogen) atoms. The summed E-state index contributed by atoms with van der Waals surface area (Å²) < 4.78 is 10.1. The minimum absolute atomic E-state index is 0.0806. The molecule has 2 rings (SSSR count). The molecular formula is C19H18O6. The molecule has 130 valence electrons. The van der Waals surface area contributed by atoms with Crippen molar-refractivity contribution in [1.29, 1.82) is 0 Å². The minimum Gasteiger partial charge on any atom is -0.489 e. The van der Waals surface area contributed by atoms with Crippen molar-refractivity contribution in [3.05, 3.63) is 64.1 Å². The molecule has 0 radical (unpaired) electrons. The normalized spacial score (nSPS) is 15.2. The van der Waals surface area contributed by atoms with E-state index >= 15 is 0 Å². The Kier molecular flexibility index (Phi) is 5.54. The molecular weight excluding hydrogens is 324 g/mol. The standard InChI is InChI=1S/C19H18O6/c1-11-14(17(23)19(25-3)18(24-2)16(11)22)10-13-6-4-12(5-7-13)8-9-15(20)21/h4-9H,10H2,1-3H3,(H,20,21). The van der Waals surface area contributed by atoms with Crippen LogP contribution in [0.25, 0.3) is 6.08 Å². The van der Waals surface area contributed by atoms with Crippen molar-refractivity contribution in [3.8, 4) is 0 Å². The zero-order valence-electron chi connectivity index (χ0n) is 14.2. The van der Waals surface area contributed by atoms with Crippen LogP contribution in [0.4, 0.5) is 0 Å². The number of rotatable bonds is 6. The lowest BCUT2D eigenvalue weighted by atomic mass is 9.89. The van der Waals surface area contributed by atoms with Gasteiger partial charge in [0.15, 0.2) is 0 Å². The molecule has 0 saturated carbocycles. The average molecular weight is 342 g/mol. The molecule has 0 spiro atoms. The Bertz CT molecular complexity index is 809. The number of carboxylic acids is 1. The number of methoxy groups -OCH3 is 2. The molecule has 6 heteroatoms. The topological polar surface area (TPSA) is 89.9 Å². The number of hydrogen-bond acceptors (Lipinski definition) is 5. The fourth-order valence-electron chi connectivity index (χ4n) is 2.52. The molecule has 1 aromatic rings. The molecule has 1 N–H and O–H groups in total. The number of carbonyl (C=O) groups is 3. The third-order valence-corrected chi connectivity index (χ3v) is 3.87. The van der Waals surface area contributed by atoms with Gasteiger partial charge in [-0.3, -0.25) is 9.59 Å². The lowest BCUT2D eigenvalue weighted by Crippen LogP contribution is -2.25. The van der Waals surface area contributed by atoms with Gasteiger partial charge in [-0.2, -0.15) is 0 Å². The van der Waals surface area contributed by atoms with E-state index in [9.17, 15) is 14.4 Å². The summed E-state index contributed by atoms with van der Waals surface area (Å²) in [5, 5.41) is 8.63. The molecule has 0 fully saturated rings. The number of aliphatic carboxylic acids is 1. The summed E-state index contributed by atoms with van der Waals surface area (Å²) >= 11 is 0. The van der Waals surface area contributed by atoms with Gasteiger partial charge in [0.2, 0.25) is 23.1 Å². The maximum atomic E-state index is 12.6. The molecule has 0 aromatic heterocycles. The smallest absolute Gasteiger partial charge is 0.328 e. The van der Waals surface area contributed by atoms with E-state index in [1.54, 1.807) is 31.2 Å². The average Bonchev–Trinajstić information content (AvgIpc) is 2.60. The summed E-state index contributed by atoms with van der Waals surface area (Å²) in [5.74, 6) is -1.93. The van der Waals surface area contributed by atoms with Crippen molar-refractivity contribution in [2.45, 2.75) is 13.3 Å². The third-order valence-electron chi connectivity index (χ3n) is 3.87. The number of hydrogen-bond donors (Lipinski definition) is 1. The van der Waals surface area contributed by atoms with Gasteiger partial charge >= 0.3 is 5.97 Å². The van der Waals surface area contributed by atoms with Gasteiger partial charge in [-0.25, -0.2) is 4.79 Å². The van der Waals surface area contributed by atoms with E-state index in [4.69, 9.17) is 14.6 Å². The lowest BCUT2D eigenvalue weighted by molar-refractivity contribution is -0.131. The summed E-state index contributed by atoms with van der Waals surface area (Å²) in [4.78, 5) is 35.4. The number of Topliss-reactive ketones (excluding diaryl/α,β-unsaturated/α-hetero) is 2. The molecule has 1 aromatic carbocycles. The van der Waals surface area contributed by atoms with Crippen LogP contribution in [-0.4, -0.2) is 36.9 Å². The Morgan fingerprint density at radius 2 is 1.60 bits per heavy atom. The highest BCUT2D eigenvalue weighted by molar-refractivity contribution is 6.23. The fraction of sp³-hybridized carbons (Fsp3) is 0.211. The van der Waals surface area contributed by atoms with Crippen molar-refractivity contribution >= 4 is 23.6 Å². The van der Waals surface area contributed by atoms with Gasteiger partial charge in [-0.15, -0.1) is 0 Å². The SMILES string of the molecule is COC1=C(OC)C(=O)C(Cc2ccc(C=CC(=O)O)cc2)=C(C)C1=O. The van der Waals surface area contributed by atoms with Gasteiger partial charge in [0.25, 0.3) is 0 Å². The highest BCUT2D eigenvalue weighted by atomic mass is 16.5. The second-order valence-corrected chi connectivity index (χ2v) is 5.42. The van der Waals surface area contributed by atoms with Crippen molar-refractivity contribution in [2.75, 3.05) is 14.2 Å². The molecule has 0 aliphatic heterocycles. The number of carbonyl (C=O) groups excluding carboxylic acids is 2. The second-order valence-electron chi connectivity index (χ2n) is 5.42. The Morgan fingerprint density at radius 1 is 1.04 bits per heavy atom. The number of ketones is 2. The number of benzene rings is 1. The van der Waals surface area contributed by atoms with E-state index in [2.05, 4.69) is 0 Å². The number of allylic oxidation sites excluding steroid dienone is 2.